The number of aromatic amines is 1. The van der Waals surface area contributed by atoms with Crippen molar-refractivity contribution in [2.45, 2.75) is 31.2 Å². The number of thioether (sulfide) groups is 1. The smallest absolute Gasteiger partial charge is 0.214 e. The van der Waals surface area contributed by atoms with E-state index in [4.69, 9.17) is 0 Å². The third-order valence-corrected chi connectivity index (χ3v) is 5.78. The van der Waals surface area contributed by atoms with Crippen LogP contribution in [-0.4, -0.2) is 36.2 Å². The molecular formula is C20H19N5OS. The zero-order valence-electron chi connectivity index (χ0n) is 15.3. The number of aryl methyl sites for hydroxylation is 1. The number of Topliss-reactive ketones (excluding diaryl/α,β-unsaturated/α-hetero) is 1. The molecule has 0 saturated carbocycles. The molecule has 1 atom stereocenters. The number of benzene rings is 2. The largest absolute Gasteiger partial charge is 0.360 e. The third-order valence-electron chi connectivity index (χ3n) is 4.75. The van der Waals surface area contributed by atoms with Gasteiger partial charge < -0.3 is 4.98 Å². The highest BCUT2D eigenvalue weighted by Gasteiger charge is 2.23. The monoisotopic (exact) mass is 377 g/mol. The topological polar surface area (TPSA) is 76.5 Å². The van der Waals surface area contributed by atoms with Crippen LogP contribution in [0.5, 0.6) is 0 Å². The van der Waals surface area contributed by atoms with Gasteiger partial charge in [0, 0.05) is 22.7 Å². The van der Waals surface area contributed by atoms with Crippen molar-refractivity contribution in [1.29, 1.82) is 0 Å². The first-order valence-electron chi connectivity index (χ1n) is 8.68. The third kappa shape index (κ3) is 3.14. The van der Waals surface area contributed by atoms with Gasteiger partial charge in [0.05, 0.1) is 10.9 Å². The summed E-state index contributed by atoms with van der Waals surface area (Å²) in [7, 11) is 0. The number of carbonyl (C=O) groups excluding carboxylic acids is 1. The van der Waals surface area contributed by atoms with Crippen LogP contribution >= 0.6 is 11.8 Å². The molecular weight excluding hydrogens is 358 g/mol. The number of nitrogens with one attached hydrogen (secondary N) is 1. The first-order valence-corrected chi connectivity index (χ1v) is 9.56. The summed E-state index contributed by atoms with van der Waals surface area (Å²) in [6.07, 6.45) is 1.78. The minimum Gasteiger partial charge on any atom is -0.360 e. The van der Waals surface area contributed by atoms with E-state index in [0.717, 1.165) is 22.2 Å². The molecule has 0 amide bonds. The van der Waals surface area contributed by atoms with Gasteiger partial charge in [0.15, 0.2) is 5.78 Å². The maximum absolute atomic E-state index is 13.0. The first kappa shape index (κ1) is 17.5. The highest BCUT2D eigenvalue weighted by atomic mass is 32.2. The average molecular weight is 377 g/mol. The predicted octanol–water partition coefficient (Wildman–Crippen LogP) is 4.12. The number of hydrogen-bond donors (Lipinski definition) is 1. The fraction of sp³-hybridized carbons (Fsp3) is 0.200. The molecule has 0 fully saturated rings. The van der Waals surface area contributed by atoms with E-state index in [0.29, 0.717) is 10.7 Å². The molecule has 1 N–H and O–H groups in total. The minimum atomic E-state index is -0.320. The summed E-state index contributed by atoms with van der Waals surface area (Å²) in [5, 5.41) is 13.3. The van der Waals surface area contributed by atoms with Crippen LogP contribution in [0.2, 0.25) is 0 Å². The molecule has 1 unspecified atom stereocenters. The van der Waals surface area contributed by atoms with Crippen molar-refractivity contribution < 1.29 is 4.79 Å². The molecule has 6 nitrogen and oxygen atoms in total. The number of tetrazole rings is 1. The molecule has 0 spiro atoms. The molecule has 0 aliphatic heterocycles. The Morgan fingerprint density at radius 1 is 1.15 bits per heavy atom. The molecule has 2 aromatic carbocycles. The van der Waals surface area contributed by atoms with E-state index in [1.54, 1.807) is 10.9 Å². The van der Waals surface area contributed by atoms with Crippen molar-refractivity contribution in [3.8, 4) is 5.69 Å². The number of fused-ring (bicyclic) bond motifs is 1. The Hall–Kier alpha value is -2.93. The van der Waals surface area contributed by atoms with E-state index in [9.17, 15) is 4.79 Å². The van der Waals surface area contributed by atoms with Gasteiger partial charge in [-0.15, -0.1) is 5.10 Å². The number of nitrogens with zero attached hydrogens (tertiary/aromatic N) is 4. The van der Waals surface area contributed by atoms with Crippen LogP contribution < -0.4 is 0 Å². The van der Waals surface area contributed by atoms with Crippen LogP contribution in [0.1, 0.15) is 28.4 Å². The van der Waals surface area contributed by atoms with E-state index < -0.39 is 0 Å². The molecule has 4 rings (SSSR count). The summed E-state index contributed by atoms with van der Waals surface area (Å²) in [5.41, 5.74) is 4.85. The predicted molar refractivity (Wildman–Crippen MR) is 107 cm³/mol. The van der Waals surface area contributed by atoms with Gasteiger partial charge in [0.25, 0.3) is 0 Å². The molecule has 27 heavy (non-hydrogen) atoms. The van der Waals surface area contributed by atoms with Crippen molar-refractivity contribution in [2.75, 3.05) is 0 Å². The Balaban J connectivity index is 1.63. The number of para-hydroxylation sites is 1. The maximum atomic E-state index is 13.0. The van der Waals surface area contributed by atoms with Gasteiger partial charge >= 0.3 is 0 Å². The molecule has 4 aromatic rings. The summed E-state index contributed by atoms with van der Waals surface area (Å²) in [6.45, 7) is 5.98. The second-order valence-electron chi connectivity index (χ2n) is 6.46. The van der Waals surface area contributed by atoms with Gasteiger partial charge in [-0.3, -0.25) is 4.79 Å². The summed E-state index contributed by atoms with van der Waals surface area (Å²) in [5.74, 6) is 0.0490. The van der Waals surface area contributed by atoms with Crippen molar-refractivity contribution >= 4 is 28.4 Å². The van der Waals surface area contributed by atoms with E-state index >= 15 is 0 Å². The van der Waals surface area contributed by atoms with E-state index in [1.165, 1.54) is 17.3 Å². The highest BCUT2D eigenvalue weighted by molar-refractivity contribution is 8.00. The lowest BCUT2D eigenvalue weighted by Crippen LogP contribution is -2.14. The van der Waals surface area contributed by atoms with Gasteiger partial charge in [0.2, 0.25) is 5.16 Å². The van der Waals surface area contributed by atoms with Crippen molar-refractivity contribution in [3.05, 3.63) is 65.4 Å². The lowest BCUT2D eigenvalue weighted by molar-refractivity contribution is 0.0995. The number of H-pyrrole nitrogens is 1. The van der Waals surface area contributed by atoms with Crippen LogP contribution in [0.15, 0.2) is 53.8 Å². The summed E-state index contributed by atoms with van der Waals surface area (Å²) >= 11 is 1.36. The number of carbonyl (C=O) groups is 1. The van der Waals surface area contributed by atoms with Crippen LogP contribution in [0.4, 0.5) is 0 Å². The van der Waals surface area contributed by atoms with Crippen molar-refractivity contribution in [1.82, 2.24) is 25.2 Å². The lowest BCUT2D eigenvalue weighted by Gasteiger charge is -2.12. The van der Waals surface area contributed by atoms with Gasteiger partial charge in [-0.25, -0.2) is 0 Å². The Kier molecular flexibility index (Phi) is 4.53. The second-order valence-corrected chi connectivity index (χ2v) is 7.77. The molecule has 7 heteroatoms. The van der Waals surface area contributed by atoms with Gasteiger partial charge in [-0.05, 0) is 54.5 Å². The van der Waals surface area contributed by atoms with E-state index in [-0.39, 0.29) is 11.0 Å². The Bertz CT molecular complexity index is 1130. The van der Waals surface area contributed by atoms with Crippen LogP contribution in [0.3, 0.4) is 0 Å². The van der Waals surface area contributed by atoms with Gasteiger partial charge in [-0.1, -0.05) is 42.1 Å². The van der Waals surface area contributed by atoms with Crippen LogP contribution in [0.25, 0.3) is 16.6 Å². The first-order chi connectivity index (χ1) is 13.1. The zero-order valence-corrected chi connectivity index (χ0v) is 16.1. The highest BCUT2D eigenvalue weighted by Crippen LogP contribution is 2.29. The number of hydrogen-bond acceptors (Lipinski definition) is 5. The van der Waals surface area contributed by atoms with Crippen molar-refractivity contribution in [2.24, 2.45) is 0 Å². The fourth-order valence-corrected chi connectivity index (χ4v) is 3.94. The van der Waals surface area contributed by atoms with Crippen LogP contribution in [0, 0.1) is 13.8 Å². The number of aromatic nitrogens is 5. The van der Waals surface area contributed by atoms with Crippen molar-refractivity contribution in [3.63, 3.8) is 0 Å². The molecule has 2 heterocycles. The Morgan fingerprint density at radius 3 is 2.81 bits per heavy atom. The quantitative estimate of drug-likeness (QED) is 0.418. The SMILES string of the molecule is Cc1cccc(-n2nnnc2SC(C)C(=O)c2c[nH]c3ccccc23)c1C. The number of ketones is 1. The molecule has 136 valence electrons. The fourth-order valence-electron chi connectivity index (χ4n) is 3.07. The molecule has 0 bridgehead atoms. The summed E-state index contributed by atoms with van der Waals surface area (Å²) in [4.78, 5) is 16.2. The summed E-state index contributed by atoms with van der Waals surface area (Å²) in [6, 6.07) is 13.8. The molecule has 2 aromatic heterocycles. The maximum Gasteiger partial charge on any atom is 0.214 e. The Morgan fingerprint density at radius 2 is 1.96 bits per heavy atom. The van der Waals surface area contributed by atoms with Crippen LogP contribution in [-0.2, 0) is 0 Å². The molecule has 0 radical (unpaired) electrons. The van der Waals surface area contributed by atoms with Gasteiger partial charge in [0.1, 0.15) is 0 Å². The molecule has 0 aliphatic carbocycles. The standard InChI is InChI=1S/C20H19N5OS/c1-12-7-6-10-18(13(12)2)25-20(22-23-24-25)27-14(3)19(26)16-11-21-17-9-5-4-8-15(16)17/h4-11,14,21H,1-3H3. The second kappa shape index (κ2) is 7.00. The van der Waals surface area contributed by atoms with Gasteiger partial charge in [-0.2, -0.15) is 4.68 Å². The average Bonchev–Trinajstić information content (AvgIpc) is 3.30. The normalized spacial score (nSPS) is 12.4. The Labute approximate surface area is 161 Å². The van der Waals surface area contributed by atoms with E-state index in [1.807, 2.05) is 50.2 Å². The zero-order chi connectivity index (χ0) is 19.0. The minimum absolute atomic E-state index is 0.0490. The lowest BCUT2D eigenvalue weighted by atomic mass is 10.1. The summed E-state index contributed by atoms with van der Waals surface area (Å²) < 4.78 is 1.70. The molecule has 0 aliphatic rings. The molecule has 0 saturated heterocycles. The number of rotatable bonds is 5. The van der Waals surface area contributed by atoms with E-state index in [2.05, 4.69) is 33.5 Å².